The molecule has 2 aromatic rings. The summed E-state index contributed by atoms with van der Waals surface area (Å²) in [4.78, 5) is 23.5. The van der Waals surface area contributed by atoms with Crippen LogP contribution in [-0.4, -0.2) is 24.9 Å². The Morgan fingerprint density at radius 2 is 1.91 bits per heavy atom. The standard InChI is InChI=1S/C18H22N2O2S/c1-14(15-6-3-2-4-7-15)12-20-17(21)8-5-10-19-18(22)16-9-11-23-13-16/h2-4,6-7,9,11,13-14H,5,8,10,12H2,1H3,(H,19,22)(H,20,21). The Hall–Kier alpha value is -2.14. The van der Waals surface area contributed by atoms with Crippen molar-refractivity contribution in [3.05, 3.63) is 58.3 Å². The zero-order valence-corrected chi connectivity index (χ0v) is 14.1. The van der Waals surface area contributed by atoms with E-state index in [1.165, 1.54) is 16.9 Å². The molecule has 4 nitrogen and oxygen atoms in total. The van der Waals surface area contributed by atoms with Gasteiger partial charge in [-0.05, 0) is 29.3 Å². The number of carbonyl (C=O) groups excluding carboxylic acids is 2. The highest BCUT2D eigenvalue weighted by Crippen LogP contribution is 2.13. The van der Waals surface area contributed by atoms with Gasteiger partial charge in [-0.1, -0.05) is 37.3 Å². The highest BCUT2D eigenvalue weighted by atomic mass is 32.1. The summed E-state index contributed by atoms with van der Waals surface area (Å²) in [6.45, 7) is 3.23. The molecule has 0 bridgehead atoms. The molecule has 5 heteroatoms. The quantitative estimate of drug-likeness (QED) is 0.730. The van der Waals surface area contributed by atoms with E-state index in [-0.39, 0.29) is 11.8 Å². The Morgan fingerprint density at radius 3 is 2.61 bits per heavy atom. The molecule has 0 aliphatic heterocycles. The lowest BCUT2D eigenvalue weighted by molar-refractivity contribution is -0.121. The summed E-state index contributed by atoms with van der Waals surface area (Å²) in [5, 5.41) is 9.45. The van der Waals surface area contributed by atoms with E-state index < -0.39 is 0 Å². The van der Waals surface area contributed by atoms with Crippen LogP contribution in [0.5, 0.6) is 0 Å². The lowest BCUT2D eigenvalue weighted by Gasteiger charge is -2.13. The van der Waals surface area contributed by atoms with Crippen molar-refractivity contribution in [2.75, 3.05) is 13.1 Å². The van der Waals surface area contributed by atoms with E-state index >= 15 is 0 Å². The van der Waals surface area contributed by atoms with E-state index in [1.807, 2.05) is 29.0 Å². The van der Waals surface area contributed by atoms with Crippen molar-refractivity contribution in [1.82, 2.24) is 10.6 Å². The number of benzene rings is 1. The van der Waals surface area contributed by atoms with Gasteiger partial charge in [-0.3, -0.25) is 9.59 Å². The van der Waals surface area contributed by atoms with E-state index in [4.69, 9.17) is 0 Å². The summed E-state index contributed by atoms with van der Waals surface area (Å²) in [7, 11) is 0. The maximum Gasteiger partial charge on any atom is 0.252 e. The molecule has 0 aliphatic carbocycles. The molecular formula is C18H22N2O2S. The predicted octanol–water partition coefficient (Wildman–Crippen LogP) is 3.18. The predicted molar refractivity (Wildman–Crippen MR) is 93.8 cm³/mol. The minimum absolute atomic E-state index is 0.0255. The second-order valence-electron chi connectivity index (χ2n) is 5.49. The first-order valence-corrected chi connectivity index (χ1v) is 8.73. The van der Waals surface area contributed by atoms with Crippen LogP contribution >= 0.6 is 11.3 Å². The smallest absolute Gasteiger partial charge is 0.252 e. The molecule has 1 unspecified atom stereocenters. The minimum atomic E-state index is -0.0793. The molecule has 0 radical (unpaired) electrons. The van der Waals surface area contributed by atoms with Crippen LogP contribution in [0.4, 0.5) is 0 Å². The molecular weight excluding hydrogens is 308 g/mol. The first-order chi connectivity index (χ1) is 11.2. The fourth-order valence-electron chi connectivity index (χ4n) is 2.20. The third kappa shape index (κ3) is 5.87. The van der Waals surface area contributed by atoms with Gasteiger partial charge in [0.05, 0.1) is 0 Å². The average Bonchev–Trinajstić information content (AvgIpc) is 3.12. The number of thiophene rings is 1. The lowest BCUT2D eigenvalue weighted by Crippen LogP contribution is -2.29. The van der Waals surface area contributed by atoms with Crippen molar-refractivity contribution >= 4 is 23.2 Å². The molecule has 0 spiro atoms. The third-order valence-electron chi connectivity index (χ3n) is 3.62. The van der Waals surface area contributed by atoms with E-state index in [9.17, 15) is 9.59 Å². The topological polar surface area (TPSA) is 58.2 Å². The van der Waals surface area contributed by atoms with Crippen LogP contribution in [0, 0.1) is 0 Å². The molecule has 2 N–H and O–H groups in total. The number of hydrogen-bond donors (Lipinski definition) is 2. The van der Waals surface area contributed by atoms with Gasteiger partial charge in [0.2, 0.25) is 5.91 Å². The lowest BCUT2D eigenvalue weighted by atomic mass is 10.0. The monoisotopic (exact) mass is 330 g/mol. The van der Waals surface area contributed by atoms with Gasteiger partial charge in [-0.2, -0.15) is 11.3 Å². The van der Waals surface area contributed by atoms with Crippen molar-refractivity contribution < 1.29 is 9.59 Å². The summed E-state index contributed by atoms with van der Waals surface area (Å²) in [5.74, 6) is 0.236. The zero-order valence-electron chi connectivity index (χ0n) is 13.2. The van der Waals surface area contributed by atoms with Crippen LogP contribution in [0.2, 0.25) is 0 Å². The fourth-order valence-corrected chi connectivity index (χ4v) is 2.84. The molecule has 23 heavy (non-hydrogen) atoms. The Balaban J connectivity index is 1.59. The first-order valence-electron chi connectivity index (χ1n) is 7.79. The van der Waals surface area contributed by atoms with Crippen LogP contribution in [0.15, 0.2) is 47.2 Å². The van der Waals surface area contributed by atoms with Crippen LogP contribution < -0.4 is 10.6 Å². The number of hydrogen-bond acceptors (Lipinski definition) is 3. The van der Waals surface area contributed by atoms with E-state index in [1.54, 1.807) is 6.07 Å². The molecule has 1 aromatic carbocycles. The largest absolute Gasteiger partial charge is 0.356 e. The van der Waals surface area contributed by atoms with Gasteiger partial charge >= 0.3 is 0 Å². The Labute approximate surface area is 140 Å². The van der Waals surface area contributed by atoms with Gasteiger partial charge < -0.3 is 10.6 Å². The van der Waals surface area contributed by atoms with Crippen LogP contribution in [0.1, 0.15) is 41.6 Å². The highest BCUT2D eigenvalue weighted by Gasteiger charge is 2.08. The van der Waals surface area contributed by atoms with Crippen molar-refractivity contribution in [1.29, 1.82) is 0 Å². The normalized spacial score (nSPS) is 11.7. The van der Waals surface area contributed by atoms with Crippen molar-refractivity contribution in [2.24, 2.45) is 0 Å². The number of amides is 2. The van der Waals surface area contributed by atoms with E-state index in [2.05, 4.69) is 29.7 Å². The Morgan fingerprint density at radius 1 is 1.13 bits per heavy atom. The summed E-state index contributed by atoms with van der Waals surface area (Å²) in [6, 6.07) is 11.9. The molecule has 0 aliphatic rings. The van der Waals surface area contributed by atoms with E-state index in [0.717, 1.165) is 0 Å². The maximum atomic E-state index is 11.8. The Kier molecular flexibility index (Phi) is 6.81. The van der Waals surface area contributed by atoms with Gasteiger partial charge in [-0.25, -0.2) is 0 Å². The Bertz CT molecular complexity index is 611. The first kappa shape index (κ1) is 17.2. The molecule has 1 atom stereocenters. The molecule has 122 valence electrons. The van der Waals surface area contributed by atoms with Gasteiger partial charge in [0, 0.05) is 30.5 Å². The SMILES string of the molecule is CC(CNC(=O)CCCNC(=O)c1ccsc1)c1ccccc1. The third-order valence-corrected chi connectivity index (χ3v) is 4.31. The second kappa shape index (κ2) is 9.10. The highest BCUT2D eigenvalue weighted by molar-refractivity contribution is 7.08. The average molecular weight is 330 g/mol. The van der Waals surface area contributed by atoms with E-state index in [0.29, 0.717) is 37.4 Å². The van der Waals surface area contributed by atoms with Crippen LogP contribution in [-0.2, 0) is 4.79 Å². The molecule has 2 rings (SSSR count). The van der Waals surface area contributed by atoms with Gasteiger partial charge in [0.25, 0.3) is 5.91 Å². The minimum Gasteiger partial charge on any atom is -0.356 e. The molecule has 0 fully saturated rings. The number of nitrogens with one attached hydrogen (secondary N) is 2. The molecule has 0 saturated heterocycles. The number of carbonyl (C=O) groups is 2. The zero-order chi connectivity index (χ0) is 16.5. The molecule has 2 amide bonds. The van der Waals surface area contributed by atoms with Gasteiger partial charge in [0.15, 0.2) is 0 Å². The second-order valence-corrected chi connectivity index (χ2v) is 6.27. The summed E-state index contributed by atoms with van der Waals surface area (Å²) in [6.07, 6.45) is 1.06. The van der Waals surface area contributed by atoms with Crippen molar-refractivity contribution in [2.45, 2.75) is 25.7 Å². The molecule has 1 aromatic heterocycles. The molecule has 1 heterocycles. The fraction of sp³-hybridized carbons (Fsp3) is 0.333. The summed E-state index contributed by atoms with van der Waals surface area (Å²) < 4.78 is 0. The van der Waals surface area contributed by atoms with Crippen molar-refractivity contribution in [3.63, 3.8) is 0 Å². The summed E-state index contributed by atoms with van der Waals surface area (Å²) >= 11 is 1.49. The van der Waals surface area contributed by atoms with Crippen molar-refractivity contribution in [3.8, 4) is 0 Å². The van der Waals surface area contributed by atoms with Crippen LogP contribution in [0.3, 0.4) is 0 Å². The summed E-state index contributed by atoms with van der Waals surface area (Å²) in [5.41, 5.74) is 1.90. The van der Waals surface area contributed by atoms with Gasteiger partial charge in [0.1, 0.15) is 0 Å². The van der Waals surface area contributed by atoms with Gasteiger partial charge in [-0.15, -0.1) is 0 Å². The maximum absolute atomic E-state index is 11.8. The van der Waals surface area contributed by atoms with Crippen LogP contribution in [0.25, 0.3) is 0 Å². The number of rotatable bonds is 8. The molecule has 0 saturated carbocycles.